The van der Waals surface area contributed by atoms with Crippen LogP contribution in [0.4, 0.5) is 4.79 Å². The van der Waals surface area contributed by atoms with Crippen LogP contribution in [0.3, 0.4) is 0 Å². The molecule has 1 N–H and O–H groups in total. The van der Waals surface area contributed by atoms with E-state index in [0.29, 0.717) is 13.1 Å². The highest BCUT2D eigenvalue weighted by molar-refractivity contribution is 5.73. The minimum absolute atomic E-state index is 0.0768. The molecular weight excluding hydrogens is 322 g/mol. The summed E-state index contributed by atoms with van der Waals surface area (Å²) in [5, 5.41) is 2.98. The summed E-state index contributed by atoms with van der Waals surface area (Å²) < 4.78 is 16.4. The molecule has 1 fully saturated rings. The van der Waals surface area contributed by atoms with Crippen LogP contribution >= 0.6 is 0 Å². The van der Waals surface area contributed by atoms with Crippen molar-refractivity contribution in [1.82, 2.24) is 15.1 Å². The number of nitrogens with zero attached hydrogens (tertiary/aromatic N) is 2. The van der Waals surface area contributed by atoms with E-state index < -0.39 is 0 Å². The molecule has 0 spiro atoms. The average Bonchev–Trinajstić information content (AvgIpc) is 3.01. The lowest BCUT2D eigenvalue weighted by Crippen LogP contribution is -2.48. The Morgan fingerprint density at radius 2 is 1.96 bits per heavy atom. The lowest BCUT2D eigenvalue weighted by atomic mass is 10.2. The van der Waals surface area contributed by atoms with Gasteiger partial charge in [-0.3, -0.25) is 4.90 Å². The zero-order valence-electron chi connectivity index (χ0n) is 15.2. The van der Waals surface area contributed by atoms with Gasteiger partial charge >= 0.3 is 6.03 Å². The van der Waals surface area contributed by atoms with Crippen molar-refractivity contribution in [2.45, 2.75) is 32.6 Å². The summed E-state index contributed by atoms with van der Waals surface area (Å²) in [6, 6.07) is 5.67. The van der Waals surface area contributed by atoms with Gasteiger partial charge in [0, 0.05) is 39.8 Å². The molecule has 1 saturated heterocycles. The van der Waals surface area contributed by atoms with Gasteiger partial charge < -0.3 is 24.4 Å². The summed E-state index contributed by atoms with van der Waals surface area (Å²) in [7, 11) is 1.79. The van der Waals surface area contributed by atoms with Gasteiger partial charge in [-0.25, -0.2) is 4.79 Å². The zero-order chi connectivity index (χ0) is 17.8. The van der Waals surface area contributed by atoms with E-state index in [9.17, 15) is 4.79 Å². The molecule has 0 aliphatic carbocycles. The normalized spacial score (nSPS) is 22.7. The Hall–Kier alpha value is -1.99. The van der Waals surface area contributed by atoms with Gasteiger partial charge in [-0.05, 0) is 31.5 Å². The molecule has 2 atom stereocenters. The van der Waals surface area contributed by atoms with Crippen molar-refractivity contribution in [3.63, 3.8) is 0 Å². The standard InChI is InChI=1S/C18H27N3O4/c1-13-9-21(10-14(2)25-13)7-6-19-18(22)20(3)11-15-4-5-16-17(8-15)24-12-23-16/h4-5,8,13-14H,6-7,9-12H2,1-3H3,(H,19,22)/t13-,14+. The van der Waals surface area contributed by atoms with E-state index in [4.69, 9.17) is 14.2 Å². The molecule has 1 aromatic carbocycles. The smallest absolute Gasteiger partial charge is 0.317 e. The number of ether oxygens (including phenoxy) is 3. The van der Waals surface area contributed by atoms with Crippen molar-refractivity contribution in [2.24, 2.45) is 0 Å². The number of hydrogen-bond donors (Lipinski definition) is 1. The first-order valence-electron chi connectivity index (χ1n) is 8.76. The summed E-state index contributed by atoms with van der Waals surface area (Å²) >= 11 is 0. The maximum absolute atomic E-state index is 12.3. The van der Waals surface area contributed by atoms with E-state index in [2.05, 4.69) is 24.1 Å². The Balaban J connectivity index is 1.42. The monoisotopic (exact) mass is 349 g/mol. The third kappa shape index (κ3) is 4.76. The molecule has 7 heteroatoms. The molecule has 3 rings (SSSR count). The van der Waals surface area contributed by atoms with E-state index in [-0.39, 0.29) is 25.0 Å². The van der Waals surface area contributed by atoms with Gasteiger partial charge in [0.1, 0.15) is 0 Å². The maximum Gasteiger partial charge on any atom is 0.317 e. The molecule has 2 amide bonds. The number of amides is 2. The topological polar surface area (TPSA) is 63.3 Å². The number of rotatable bonds is 5. The molecule has 138 valence electrons. The van der Waals surface area contributed by atoms with E-state index in [1.54, 1.807) is 11.9 Å². The van der Waals surface area contributed by atoms with Crippen molar-refractivity contribution in [1.29, 1.82) is 0 Å². The van der Waals surface area contributed by atoms with Crippen molar-refractivity contribution in [2.75, 3.05) is 40.0 Å². The zero-order valence-corrected chi connectivity index (χ0v) is 15.2. The number of hydrogen-bond acceptors (Lipinski definition) is 5. The second-order valence-corrected chi connectivity index (χ2v) is 6.79. The van der Waals surface area contributed by atoms with Crippen LogP contribution in [0, 0.1) is 0 Å². The number of carbonyl (C=O) groups is 1. The second kappa shape index (κ2) is 7.93. The number of urea groups is 1. The fraction of sp³-hybridized carbons (Fsp3) is 0.611. The first-order valence-corrected chi connectivity index (χ1v) is 8.76. The van der Waals surface area contributed by atoms with E-state index in [1.807, 2.05) is 18.2 Å². The quantitative estimate of drug-likeness (QED) is 0.876. The minimum Gasteiger partial charge on any atom is -0.454 e. The fourth-order valence-electron chi connectivity index (χ4n) is 3.31. The van der Waals surface area contributed by atoms with Crippen LogP contribution in [0.15, 0.2) is 18.2 Å². The third-order valence-electron chi connectivity index (χ3n) is 4.40. The van der Waals surface area contributed by atoms with Crippen LogP contribution < -0.4 is 14.8 Å². The Bertz CT molecular complexity index is 600. The summed E-state index contributed by atoms with van der Waals surface area (Å²) in [6.45, 7) is 8.23. The number of nitrogens with one attached hydrogen (secondary N) is 1. The Morgan fingerprint density at radius 1 is 1.24 bits per heavy atom. The fourth-order valence-corrected chi connectivity index (χ4v) is 3.31. The highest BCUT2D eigenvalue weighted by Gasteiger charge is 2.22. The van der Waals surface area contributed by atoms with E-state index in [0.717, 1.165) is 36.7 Å². The van der Waals surface area contributed by atoms with E-state index in [1.165, 1.54) is 0 Å². The first-order chi connectivity index (χ1) is 12.0. The van der Waals surface area contributed by atoms with Gasteiger partial charge in [0.15, 0.2) is 11.5 Å². The highest BCUT2D eigenvalue weighted by atomic mass is 16.7. The number of benzene rings is 1. The molecule has 0 radical (unpaired) electrons. The molecule has 0 unspecified atom stereocenters. The van der Waals surface area contributed by atoms with E-state index >= 15 is 0 Å². The van der Waals surface area contributed by atoms with Crippen LogP contribution in [-0.2, 0) is 11.3 Å². The van der Waals surface area contributed by atoms with Gasteiger partial charge in [-0.1, -0.05) is 6.07 Å². The molecule has 2 heterocycles. The second-order valence-electron chi connectivity index (χ2n) is 6.79. The molecule has 7 nitrogen and oxygen atoms in total. The molecule has 0 bridgehead atoms. The maximum atomic E-state index is 12.3. The highest BCUT2D eigenvalue weighted by Crippen LogP contribution is 2.32. The summed E-state index contributed by atoms with van der Waals surface area (Å²) in [6.07, 6.45) is 0.487. The number of morpholine rings is 1. The van der Waals surface area contributed by atoms with Crippen molar-refractivity contribution >= 4 is 6.03 Å². The average molecular weight is 349 g/mol. The molecular formula is C18H27N3O4. The molecule has 2 aliphatic rings. The Morgan fingerprint density at radius 3 is 2.72 bits per heavy atom. The number of fused-ring (bicyclic) bond motifs is 1. The van der Waals surface area contributed by atoms with Crippen LogP contribution in [0.1, 0.15) is 19.4 Å². The lowest BCUT2D eigenvalue weighted by molar-refractivity contribution is -0.0672. The van der Waals surface area contributed by atoms with Gasteiger partial charge in [0.05, 0.1) is 12.2 Å². The summed E-state index contributed by atoms with van der Waals surface area (Å²) in [5.74, 6) is 1.49. The van der Waals surface area contributed by atoms with Crippen LogP contribution in [0.25, 0.3) is 0 Å². The SMILES string of the molecule is C[C@@H]1CN(CCNC(=O)N(C)Cc2ccc3c(c2)OCO3)C[C@H](C)O1. The third-order valence-corrected chi connectivity index (χ3v) is 4.40. The van der Waals surface area contributed by atoms with Crippen molar-refractivity contribution < 1.29 is 19.0 Å². The first kappa shape index (κ1) is 17.8. The predicted molar refractivity (Wildman–Crippen MR) is 93.9 cm³/mol. The summed E-state index contributed by atoms with van der Waals surface area (Å²) in [4.78, 5) is 16.3. The summed E-state index contributed by atoms with van der Waals surface area (Å²) in [5.41, 5.74) is 1.01. The van der Waals surface area contributed by atoms with Crippen LogP contribution in [0.2, 0.25) is 0 Å². The largest absolute Gasteiger partial charge is 0.454 e. The molecule has 0 aromatic heterocycles. The van der Waals surface area contributed by atoms with Gasteiger partial charge in [-0.2, -0.15) is 0 Å². The minimum atomic E-state index is -0.0768. The number of carbonyl (C=O) groups excluding carboxylic acids is 1. The van der Waals surface area contributed by atoms with Crippen LogP contribution in [0.5, 0.6) is 11.5 Å². The van der Waals surface area contributed by atoms with Gasteiger partial charge in [-0.15, -0.1) is 0 Å². The van der Waals surface area contributed by atoms with Gasteiger partial charge in [0.25, 0.3) is 0 Å². The lowest BCUT2D eigenvalue weighted by Gasteiger charge is -2.35. The van der Waals surface area contributed by atoms with Crippen molar-refractivity contribution in [3.05, 3.63) is 23.8 Å². The van der Waals surface area contributed by atoms with Crippen molar-refractivity contribution in [3.8, 4) is 11.5 Å². The molecule has 0 saturated carbocycles. The Labute approximate surface area is 148 Å². The molecule has 2 aliphatic heterocycles. The van der Waals surface area contributed by atoms with Crippen LogP contribution in [-0.4, -0.2) is 68.1 Å². The predicted octanol–water partition coefficient (Wildman–Crippen LogP) is 1.67. The molecule has 1 aromatic rings. The molecule has 25 heavy (non-hydrogen) atoms. The Kier molecular flexibility index (Phi) is 5.65. The van der Waals surface area contributed by atoms with Gasteiger partial charge in [0.2, 0.25) is 6.79 Å².